The molecule has 0 atom stereocenters. The van der Waals surface area contributed by atoms with Crippen molar-refractivity contribution in [1.29, 1.82) is 0 Å². The number of likely N-dealkylation sites (N-methyl/N-ethyl adjacent to an activating group) is 1. The van der Waals surface area contributed by atoms with Crippen LogP contribution in [0.2, 0.25) is 0 Å². The molecule has 0 saturated carbocycles. The van der Waals surface area contributed by atoms with E-state index < -0.39 is 0 Å². The summed E-state index contributed by atoms with van der Waals surface area (Å²) in [6.45, 7) is 5.59. The van der Waals surface area contributed by atoms with Gasteiger partial charge in [-0.2, -0.15) is 0 Å². The largest absolute Gasteiger partial charge is 0.496 e. The Balaban J connectivity index is 1.34. The van der Waals surface area contributed by atoms with Crippen LogP contribution < -0.4 is 14.8 Å². The van der Waals surface area contributed by atoms with Crippen LogP contribution in [0.4, 0.5) is 11.6 Å². The summed E-state index contributed by atoms with van der Waals surface area (Å²) in [6.07, 6.45) is 2.81. The van der Waals surface area contributed by atoms with Crippen LogP contribution in [0.1, 0.15) is 5.56 Å². The molecule has 5 rings (SSSR count). The third-order valence-corrected chi connectivity index (χ3v) is 6.61. The maximum absolute atomic E-state index is 5.70. The van der Waals surface area contributed by atoms with Crippen LogP contribution in [0.25, 0.3) is 16.8 Å². The zero-order valence-corrected chi connectivity index (χ0v) is 20.6. The monoisotopic (exact) mass is 472 g/mol. The molecule has 2 aromatic heterocycles. The van der Waals surface area contributed by atoms with Crippen molar-refractivity contribution in [2.24, 2.45) is 0 Å². The first-order chi connectivity index (χ1) is 17.1. The lowest BCUT2D eigenvalue weighted by Crippen LogP contribution is -2.45. The van der Waals surface area contributed by atoms with Gasteiger partial charge in [0.2, 0.25) is 5.95 Å². The molecule has 35 heavy (non-hydrogen) atoms. The number of piperazine rings is 1. The van der Waals surface area contributed by atoms with Gasteiger partial charge in [0, 0.05) is 38.3 Å². The number of hydrogen-bond acceptors (Lipinski definition) is 7. The molecule has 1 N–H and O–H groups in total. The highest BCUT2D eigenvalue weighted by Gasteiger charge is 2.15. The Morgan fingerprint density at radius 1 is 0.914 bits per heavy atom. The molecule has 1 fully saturated rings. The smallest absolute Gasteiger partial charge is 0.245 e. The van der Waals surface area contributed by atoms with Gasteiger partial charge in [0.1, 0.15) is 11.5 Å². The average molecular weight is 473 g/mol. The van der Waals surface area contributed by atoms with Gasteiger partial charge < -0.3 is 24.6 Å². The van der Waals surface area contributed by atoms with Crippen LogP contribution in [0.3, 0.4) is 0 Å². The molecule has 8 nitrogen and oxygen atoms in total. The summed E-state index contributed by atoms with van der Waals surface area (Å²) in [4.78, 5) is 9.42. The van der Waals surface area contributed by atoms with E-state index >= 15 is 0 Å². The normalized spacial score (nSPS) is 14.8. The molecule has 3 heterocycles. The Bertz CT molecular complexity index is 1300. The minimum atomic E-state index is 0.494. The highest BCUT2D eigenvalue weighted by atomic mass is 16.5. The van der Waals surface area contributed by atoms with E-state index in [1.165, 1.54) is 5.56 Å². The van der Waals surface area contributed by atoms with Gasteiger partial charge >= 0.3 is 0 Å². The SMILES string of the molecule is COc1cc(CCN2CCN(C)CC2)ccc1Nc1ncc2ccc(-c3ccccc3OC)n2n1. The minimum Gasteiger partial charge on any atom is -0.496 e. The molecule has 0 radical (unpaired) electrons. The quantitative estimate of drug-likeness (QED) is 0.417. The predicted octanol–water partition coefficient (Wildman–Crippen LogP) is 3.95. The number of nitrogens with zero attached hydrogens (tertiary/aromatic N) is 5. The molecule has 1 aliphatic heterocycles. The first kappa shape index (κ1) is 23.1. The summed E-state index contributed by atoms with van der Waals surface area (Å²) in [6, 6.07) is 18.3. The standard InChI is InChI=1S/C27H32N6O2/c1-31-14-16-32(17-15-31)13-12-20-8-10-23(26(18-20)35-3)29-27-28-19-21-9-11-24(33(21)30-27)22-6-4-5-7-25(22)34-2/h4-11,18-19H,12-17H2,1-3H3,(H,29,30). The van der Waals surface area contributed by atoms with E-state index in [2.05, 4.69) is 39.3 Å². The molecule has 4 aromatic rings. The first-order valence-corrected chi connectivity index (χ1v) is 12.0. The van der Waals surface area contributed by atoms with Gasteiger partial charge in [-0.05, 0) is 55.4 Å². The van der Waals surface area contributed by atoms with Crippen molar-refractivity contribution in [3.63, 3.8) is 0 Å². The van der Waals surface area contributed by atoms with E-state index in [1.54, 1.807) is 14.2 Å². The van der Waals surface area contributed by atoms with Crippen LogP contribution in [0.15, 0.2) is 60.8 Å². The number of anilines is 2. The fourth-order valence-electron chi connectivity index (χ4n) is 4.49. The predicted molar refractivity (Wildman–Crippen MR) is 139 cm³/mol. The second kappa shape index (κ2) is 10.3. The van der Waals surface area contributed by atoms with Crippen LogP contribution >= 0.6 is 0 Å². The van der Waals surface area contributed by atoms with E-state index in [-0.39, 0.29) is 0 Å². The summed E-state index contributed by atoms with van der Waals surface area (Å²) >= 11 is 0. The number of rotatable bonds is 8. The highest BCUT2D eigenvalue weighted by molar-refractivity contribution is 5.72. The third-order valence-electron chi connectivity index (χ3n) is 6.61. The summed E-state index contributed by atoms with van der Waals surface area (Å²) in [5.74, 6) is 2.07. The maximum atomic E-state index is 5.70. The number of hydrogen-bond donors (Lipinski definition) is 1. The number of para-hydroxylation sites is 1. The number of methoxy groups -OCH3 is 2. The Hall–Kier alpha value is -3.62. The Kier molecular flexibility index (Phi) is 6.83. The molecule has 8 heteroatoms. The van der Waals surface area contributed by atoms with Gasteiger partial charge in [0.15, 0.2) is 0 Å². The maximum Gasteiger partial charge on any atom is 0.245 e. The number of benzene rings is 2. The van der Waals surface area contributed by atoms with E-state index in [1.807, 2.05) is 53.2 Å². The van der Waals surface area contributed by atoms with Gasteiger partial charge in [-0.15, -0.1) is 5.10 Å². The van der Waals surface area contributed by atoms with Crippen molar-refractivity contribution >= 4 is 17.2 Å². The van der Waals surface area contributed by atoms with Crippen molar-refractivity contribution in [3.8, 4) is 22.8 Å². The topological polar surface area (TPSA) is 67.2 Å². The van der Waals surface area contributed by atoms with Gasteiger partial charge in [-0.25, -0.2) is 9.50 Å². The number of aromatic nitrogens is 3. The number of fused-ring (bicyclic) bond motifs is 1. The van der Waals surface area contributed by atoms with Crippen LogP contribution in [-0.4, -0.2) is 78.4 Å². The van der Waals surface area contributed by atoms with Gasteiger partial charge in [-0.3, -0.25) is 0 Å². The summed E-state index contributed by atoms with van der Waals surface area (Å²) in [5.41, 5.74) is 4.91. The fourth-order valence-corrected chi connectivity index (χ4v) is 4.49. The molecule has 0 amide bonds. The fraction of sp³-hybridized carbons (Fsp3) is 0.333. The van der Waals surface area contributed by atoms with Gasteiger partial charge in [-0.1, -0.05) is 18.2 Å². The van der Waals surface area contributed by atoms with E-state index in [4.69, 9.17) is 14.6 Å². The highest BCUT2D eigenvalue weighted by Crippen LogP contribution is 2.32. The zero-order valence-electron chi connectivity index (χ0n) is 20.6. The number of ether oxygens (including phenoxy) is 2. The van der Waals surface area contributed by atoms with E-state index in [0.29, 0.717) is 5.95 Å². The average Bonchev–Trinajstić information content (AvgIpc) is 3.32. The molecule has 2 aromatic carbocycles. The molecule has 0 spiro atoms. The molecule has 1 aliphatic rings. The van der Waals surface area contributed by atoms with Crippen molar-refractivity contribution in [3.05, 3.63) is 66.4 Å². The summed E-state index contributed by atoms with van der Waals surface area (Å²) in [7, 11) is 5.56. The molecule has 0 aliphatic carbocycles. The Morgan fingerprint density at radius 2 is 1.71 bits per heavy atom. The zero-order chi connectivity index (χ0) is 24.2. The van der Waals surface area contributed by atoms with Crippen LogP contribution in [0.5, 0.6) is 11.5 Å². The Morgan fingerprint density at radius 3 is 2.51 bits per heavy atom. The van der Waals surface area contributed by atoms with Gasteiger partial charge in [0.05, 0.1) is 37.3 Å². The lowest BCUT2D eigenvalue weighted by atomic mass is 10.1. The van der Waals surface area contributed by atoms with Gasteiger partial charge in [0.25, 0.3) is 0 Å². The summed E-state index contributed by atoms with van der Waals surface area (Å²) < 4.78 is 13.1. The molecule has 0 unspecified atom stereocenters. The molecule has 0 bridgehead atoms. The molecular formula is C27H32N6O2. The Labute approximate surface area is 206 Å². The second-order valence-corrected chi connectivity index (χ2v) is 8.89. The molecule has 182 valence electrons. The van der Waals surface area contributed by atoms with Crippen LogP contribution in [-0.2, 0) is 6.42 Å². The van der Waals surface area contributed by atoms with Crippen molar-refractivity contribution in [1.82, 2.24) is 24.4 Å². The van der Waals surface area contributed by atoms with Crippen molar-refractivity contribution in [2.75, 3.05) is 59.3 Å². The third kappa shape index (κ3) is 5.08. The molecule has 1 saturated heterocycles. The lowest BCUT2D eigenvalue weighted by molar-refractivity contribution is 0.155. The van der Waals surface area contributed by atoms with Crippen molar-refractivity contribution in [2.45, 2.75) is 6.42 Å². The van der Waals surface area contributed by atoms with E-state index in [0.717, 1.165) is 73.1 Å². The van der Waals surface area contributed by atoms with Crippen LogP contribution in [0, 0.1) is 0 Å². The molecular weight excluding hydrogens is 440 g/mol. The number of nitrogens with one attached hydrogen (secondary N) is 1. The minimum absolute atomic E-state index is 0.494. The van der Waals surface area contributed by atoms with E-state index in [9.17, 15) is 0 Å². The first-order valence-electron chi connectivity index (χ1n) is 12.0. The second-order valence-electron chi connectivity index (χ2n) is 8.89. The lowest BCUT2D eigenvalue weighted by Gasteiger charge is -2.32. The van der Waals surface area contributed by atoms with Crippen molar-refractivity contribution < 1.29 is 9.47 Å². The summed E-state index contributed by atoms with van der Waals surface area (Å²) in [5, 5.41) is 8.09.